The van der Waals surface area contributed by atoms with Crippen LogP contribution in [0.2, 0.25) is 0 Å². The minimum Gasteiger partial charge on any atom is -0.488 e. The van der Waals surface area contributed by atoms with Gasteiger partial charge in [0.05, 0.1) is 6.20 Å². The summed E-state index contributed by atoms with van der Waals surface area (Å²) < 4.78 is 19.4. The quantitative estimate of drug-likeness (QED) is 0.835. The molecule has 0 radical (unpaired) electrons. The van der Waals surface area contributed by atoms with Crippen LogP contribution in [-0.4, -0.2) is 16.1 Å². The third kappa shape index (κ3) is 4.68. The minimum atomic E-state index is -1.05. The second-order valence-corrected chi connectivity index (χ2v) is 5.07. The van der Waals surface area contributed by atoms with Crippen LogP contribution in [-0.2, 0) is 11.4 Å². The SMILES string of the molecule is O=C(O)/C=C/c1cc(Br)ccc1OCc1cncc(F)c1. The molecule has 2 rings (SSSR count). The minimum absolute atomic E-state index is 0.139. The van der Waals surface area contributed by atoms with Gasteiger partial charge in [-0.25, -0.2) is 9.18 Å². The van der Waals surface area contributed by atoms with Gasteiger partial charge in [-0.05, 0) is 30.3 Å². The largest absolute Gasteiger partial charge is 0.488 e. The van der Waals surface area contributed by atoms with Crippen molar-refractivity contribution in [3.8, 4) is 5.75 Å². The van der Waals surface area contributed by atoms with Gasteiger partial charge in [0.1, 0.15) is 18.2 Å². The first-order chi connectivity index (χ1) is 10.0. The number of carbonyl (C=O) groups is 1. The van der Waals surface area contributed by atoms with E-state index < -0.39 is 11.8 Å². The fourth-order valence-electron chi connectivity index (χ4n) is 1.64. The van der Waals surface area contributed by atoms with E-state index in [9.17, 15) is 9.18 Å². The number of aromatic nitrogens is 1. The van der Waals surface area contributed by atoms with Crippen molar-refractivity contribution in [1.29, 1.82) is 0 Å². The standard InChI is InChI=1S/C15H11BrFNO3/c16-12-2-3-14(11(6-12)1-4-15(19)20)21-9-10-5-13(17)8-18-7-10/h1-8H,9H2,(H,19,20)/b4-1+. The summed E-state index contributed by atoms with van der Waals surface area (Å²) in [6.07, 6.45) is 5.09. The summed E-state index contributed by atoms with van der Waals surface area (Å²) in [7, 11) is 0. The molecular weight excluding hydrogens is 341 g/mol. The van der Waals surface area contributed by atoms with Crippen LogP contribution in [0.3, 0.4) is 0 Å². The van der Waals surface area contributed by atoms with Gasteiger partial charge in [0.15, 0.2) is 0 Å². The van der Waals surface area contributed by atoms with E-state index >= 15 is 0 Å². The normalized spacial score (nSPS) is 10.8. The van der Waals surface area contributed by atoms with E-state index in [1.807, 2.05) is 0 Å². The maximum atomic E-state index is 13.0. The van der Waals surface area contributed by atoms with Crippen LogP contribution in [0.4, 0.5) is 4.39 Å². The van der Waals surface area contributed by atoms with E-state index in [4.69, 9.17) is 9.84 Å². The number of carboxylic acid groups (broad SMARTS) is 1. The Labute approximate surface area is 129 Å². The molecule has 0 saturated carbocycles. The molecule has 1 heterocycles. The number of carboxylic acids is 1. The van der Waals surface area contributed by atoms with Gasteiger partial charge in [-0.3, -0.25) is 4.98 Å². The maximum Gasteiger partial charge on any atom is 0.328 e. The fourth-order valence-corrected chi connectivity index (χ4v) is 2.02. The molecule has 0 aliphatic heterocycles. The lowest BCUT2D eigenvalue weighted by Crippen LogP contribution is -1.98. The molecule has 6 heteroatoms. The second kappa shape index (κ2) is 6.99. The number of nitrogens with zero attached hydrogens (tertiary/aromatic N) is 1. The molecule has 1 aromatic heterocycles. The summed E-state index contributed by atoms with van der Waals surface area (Å²) in [4.78, 5) is 14.3. The van der Waals surface area contributed by atoms with Gasteiger partial charge in [-0.2, -0.15) is 0 Å². The van der Waals surface area contributed by atoms with E-state index in [-0.39, 0.29) is 6.61 Å². The summed E-state index contributed by atoms with van der Waals surface area (Å²) in [6.45, 7) is 0.139. The molecule has 0 spiro atoms. The smallest absolute Gasteiger partial charge is 0.328 e. The molecule has 21 heavy (non-hydrogen) atoms. The molecule has 0 unspecified atom stereocenters. The van der Waals surface area contributed by atoms with Gasteiger partial charge in [0, 0.05) is 27.9 Å². The van der Waals surface area contributed by atoms with Crippen LogP contribution in [0.25, 0.3) is 6.08 Å². The Kier molecular flexibility index (Phi) is 5.05. The molecule has 0 amide bonds. The molecule has 2 aromatic rings. The Morgan fingerprint density at radius 3 is 2.90 bits per heavy atom. The predicted molar refractivity (Wildman–Crippen MR) is 79.3 cm³/mol. The van der Waals surface area contributed by atoms with Crippen molar-refractivity contribution in [3.63, 3.8) is 0 Å². The first kappa shape index (κ1) is 15.2. The molecule has 108 valence electrons. The highest BCUT2D eigenvalue weighted by Gasteiger charge is 2.04. The van der Waals surface area contributed by atoms with Crippen LogP contribution in [0.15, 0.2) is 47.2 Å². The molecule has 0 bridgehead atoms. The monoisotopic (exact) mass is 351 g/mol. The van der Waals surface area contributed by atoms with Crippen molar-refractivity contribution in [2.75, 3.05) is 0 Å². The number of pyridine rings is 1. The molecule has 0 fully saturated rings. The number of hydrogen-bond acceptors (Lipinski definition) is 3. The van der Waals surface area contributed by atoms with Gasteiger partial charge in [-0.15, -0.1) is 0 Å². The number of rotatable bonds is 5. The van der Waals surface area contributed by atoms with E-state index in [2.05, 4.69) is 20.9 Å². The number of aliphatic carboxylic acids is 1. The van der Waals surface area contributed by atoms with Crippen LogP contribution in [0, 0.1) is 5.82 Å². The van der Waals surface area contributed by atoms with Gasteiger partial charge in [-0.1, -0.05) is 15.9 Å². The maximum absolute atomic E-state index is 13.0. The van der Waals surface area contributed by atoms with Crippen molar-refractivity contribution in [2.24, 2.45) is 0 Å². The van der Waals surface area contributed by atoms with E-state index in [1.54, 1.807) is 18.2 Å². The summed E-state index contributed by atoms with van der Waals surface area (Å²) in [5.41, 5.74) is 1.20. The number of ether oxygens (including phenoxy) is 1. The molecule has 0 atom stereocenters. The van der Waals surface area contributed by atoms with E-state index in [0.717, 1.165) is 16.7 Å². The molecule has 0 aliphatic rings. The van der Waals surface area contributed by atoms with Crippen molar-refractivity contribution < 1.29 is 19.0 Å². The van der Waals surface area contributed by atoms with Crippen LogP contribution >= 0.6 is 15.9 Å². The molecule has 0 aliphatic carbocycles. The fraction of sp³-hybridized carbons (Fsp3) is 0.0667. The van der Waals surface area contributed by atoms with Gasteiger partial charge in [0.25, 0.3) is 0 Å². The Morgan fingerprint density at radius 2 is 2.19 bits per heavy atom. The lowest BCUT2D eigenvalue weighted by atomic mass is 10.2. The molecule has 4 nitrogen and oxygen atoms in total. The van der Waals surface area contributed by atoms with Gasteiger partial charge >= 0.3 is 5.97 Å². The molecular formula is C15H11BrFNO3. The highest BCUT2D eigenvalue weighted by Crippen LogP contribution is 2.25. The number of halogens is 2. The zero-order valence-electron chi connectivity index (χ0n) is 10.8. The summed E-state index contributed by atoms with van der Waals surface area (Å²) >= 11 is 3.31. The summed E-state index contributed by atoms with van der Waals surface area (Å²) in [5, 5.41) is 8.68. The topological polar surface area (TPSA) is 59.4 Å². The van der Waals surface area contributed by atoms with Crippen molar-refractivity contribution in [2.45, 2.75) is 6.61 Å². The second-order valence-electron chi connectivity index (χ2n) is 4.15. The van der Waals surface area contributed by atoms with E-state index in [0.29, 0.717) is 16.9 Å². The van der Waals surface area contributed by atoms with Crippen molar-refractivity contribution in [1.82, 2.24) is 4.98 Å². The Balaban J connectivity index is 2.17. The number of benzene rings is 1. The third-order valence-corrected chi connectivity index (χ3v) is 3.03. The molecule has 1 aromatic carbocycles. The van der Waals surface area contributed by atoms with Crippen LogP contribution < -0.4 is 4.74 Å². The first-order valence-electron chi connectivity index (χ1n) is 5.97. The Morgan fingerprint density at radius 1 is 1.38 bits per heavy atom. The number of hydrogen-bond donors (Lipinski definition) is 1. The van der Waals surface area contributed by atoms with Crippen molar-refractivity contribution >= 4 is 28.0 Å². The zero-order chi connectivity index (χ0) is 15.2. The van der Waals surface area contributed by atoms with Crippen molar-refractivity contribution in [3.05, 3.63) is 64.2 Å². The van der Waals surface area contributed by atoms with Crippen LogP contribution in [0.1, 0.15) is 11.1 Å². The first-order valence-corrected chi connectivity index (χ1v) is 6.76. The lowest BCUT2D eigenvalue weighted by molar-refractivity contribution is -0.131. The summed E-state index contributed by atoms with van der Waals surface area (Å²) in [6, 6.07) is 6.55. The van der Waals surface area contributed by atoms with Gasteiger partial charge in [0.2, 0.25) is 0 Å². The summed E-state index contributed by atoms with van der Waals surface area (Å²) in [5.74, 6) is -0.979. The van der Waals surface area contributed by atoms with E-state index in [1.165, 1.54) is 18.3 Å². The third-order valence-electron chi connectivity index (χ3n) is 2.53. The molecule has 1 N–H and O–H groups in total. The predicted octanol–water partition coefficient (Wildman–Crippen LogP) is 3.66. The molecule has 0 saturated heterocycles. The average molecular weight is 352 g/mol. The Hall–Kier alpha value is -2.21. The highest BCUT2D eigenvalue weighted by atomic mass is 79.9. The zero-order valence-corrected chi connectivity index (χ0v) is 12.4. The van der Waals surface area contributed by atoms with Crippen LogP contribution in [0.5, 0.6) is 5.75 Å². The van der Waals surface area contributed by atoms with Gasteiger partial charge < -0.3 is 9.84 Å². The Bertz CT molecular complexity index is 688. The average Bonchev–Trinajstić information content (AvgIpc) is 2.44. The lowest BCUT2D eigenvalue weighted by Gasteiger charge is -2.09. The highest BCUT2D eigenvalue weighted by molar-refractivity contribution is 9.10.